The molecular formula is C16H23NO2. The number of hydrogen-bond acceptors (Lipinski definition) is 3. The Labute approximate surface area is 115 Å². The van der Waals surface area contributed by atoms with E-state index in [2.05, 4.69) is 13.8 Å². The quantitative estimate of drug-likeness (QED) is 0.842. The highest BCUT2D eigenvalue weighted by Gasteiger charge is 2.48. The van der Waals surface area contributed by atoms with Crippen LogP contribution in [0.15, 0.2) is 18.2 Å². The third kappa shape index (κ3) is 2.20. The van der Waals surface area contributed by atoms with E-state index < -0.39 is 0 Å². The van der Waals surface area contributed by atoms with Crippen molar-refractivity contribution < 1.29 is 9.47 Å². The predicted octanol–water partition coefficient (Wildman–Crippen LogP) is 3.43. The van der Waals surface area contributed by atoms with Crippen molar-refractivity contribution in [2.24, 2.45) is 11.1 Å². The Morgan fingerprint density at radius 3 is 2.74 bits per heavy atom. The molecule has 3 nitrogen and oxygen atoms in total. The van der Waals surface area contributed by atoms with Gasteiger partial charge in [0.15, 0.2) is 0 Å². The molecule has 1 heterocycles. The van der Waals surface area contributed by atoms with Crippen molar-refractivity contribution in [1.29, 1.82) is 0 Å². The van der Waals surface area contributed by atoms with Gasteiger partial charge in [-0.25, -0.2) is 0 Å². The van der Waals surface area contributed by atoms with Crippen LogP contribution >= 0.6 is 0 Å². The van der Waals surface area contributed by atoms with E-state index in [1.54, 1.807) is 7.11 Å². The van der Waals surface area contributed by atoms with Gasteiger partial charge in [-0.2, -0.15) is 0 Å². The summed E-state index contributed by atoms with van der Waals surface area (Å²) in [5.74, 6) is 1.75. The van der Waals surface area contributed by atoms with Crippen molar-refractivity contribution in [3.63, 3.8) is 0 Å². The molecule has 0 aromatic heterocycles. The minimum Gasteiger partial charge on any atom is -0.497 e. The summed E-state index contributed by atoms with van der Waals surface area (Å²) in [5, 5.41) is 0. The zero-order valence-corrected chi connectivity index (χ0v) is 12.0. The molecule has 1 unspecified atom stereocenters. The standard InChI is InChI=1S/C16H23NO2/c1-15(2)6-7-16(10-15)9-13(17)12-5-4-11(18-3)8-14(12)19-16/h4-5,8,13H,6-7,9-10,17H2,1-3H3/t13-,16?/m0/s1. The molecule has 2 aliphatic rings. The van der Waals surface area contributed by atoms with Crippen LogP contribution in [-0.4, -0.2) is 12.7 Å². The van der Waals surface area contributed by atoms with E-state index in [0.717, 1.165) is 36.3 Å². The van der Waals surface area contributed by atoms with Gasteiger partial charge < -0.3 is 15.2 Å². The summed E-state index contributed by atoms with van der Waals surface area (Å²) in [5.41, 5.74) is 7.76. The second-order valence-electron chi connectivity index (χ2n) is 6.84. The number of fused-ring (bicyclic) bond motifs is 1. The Morgan fingerprint density at radius 1 is 1.32 bits per heavy atom. The Morgan fingerprint density at radius 2 is 2.11 bits per heavy atom. The van der Waals surface area contributed by atoms with E-state index in [1.165, 1.54) is 6.42 Å². The van der Waals surface area contributed by atoms with E-state index >= 15 is 0 Å². The summed E-state index contributed by atoms with van der Waals surface area (Å²) in [6.45, 7) is 4.63. The lowest BCUT2D eigenvalue weighted by molar-refractivity contribution is 0.0329. The molecule has 1 aromatic carbocycles. The van der Waals surface area contributed by atoms with Crippen LogP contribution in [0, 0.1) is 5.41 Å². The molecule has 1 spiro atoms. The molecule has 2 atom stereocenters. The monoisotopic (exact) mass is 261 g/mol. The minimum atomic E-state index is -0.0672. The number of ether oxygens (including phenoxy) is 2. The lowest BCUT2D eigenvalue weighted by atomic mass is 9.83. The minimum absolute atomic E-state index is 0.0672. The fourth-order valence-electron chi connectivity index (χ4n) is 3.70. The van der Waals surface area contributed by atoms with Crippen molar-refractivity contribution in [3.8, 4) is 11.5 Å². The number of hydrogen-bond donors (Lipinski definition) is 1. The SMILES string of the molecule is COc1ccc2c(c1)OC1(CCC(C)(C)C1)C[C@@H]2N. The van der Waals surface area contributed by atoms with Crippen LogP contribution in [0.25, 0.3) is 0 Å². The number of nitrogens with two attached hydrogens (primary N) is 1. The average molecular weight is 261 g/mol. The molecule has 104 valence electrons. The van der Waals surface area contributed by atoms with Gasteiger partial charge in [0, 0.05) is 24.1 Å². The predicted molar refractivity (Wildman–Crippen MR) is 75.5 cm³/mol. The van der Waals surface area contributed by atoms with Crippen molar-refractivity contribution in [3.05, 3.63) is 23.8 Å². The fourth-order valence-corrected chi connectivity index (χ4v) is 3.70. The van der Waals surface area contributed by atoms with Crippen LogP contribution in [0.4, 0.5) is 0 Å². The zero-order chi connectivity index (χ0) is 13.7. The largest absolute Gasteiger partial charge is 0.497 e. The second-order valence-corrected chi connectivity index (χ2v) is 6.84. The van der Waals surface area contributed by atoms with Crippen molar-refractivity contribution in [1.82, 2.24) is 0 Å². The van der Waals surface area contributed by atoms with E-state index in [4.69, 9.17) is 15.2 Å². The Hall–Kier alpha value is -1.22. The molecule has 1 saturated carbocycles. The molecule has 2 N–H and O–H groups in total. The van der Waals surface area contributed by atoms with Crippen LogP contribution < -0.4 is 15.2 Å². The molecule has 1 aliphatic carbocycles. The van der Waals surface area contributed by atoms with E-state index in [9.17, 15) is 0 Å². The summed E-state index contributed by atoms with van der Waals surface area (Å²) in [6, 6.07) is 6.04. The average Bonchev–Trinajstić information content (AvgIpc) is 2.63. The van der Waals surface area contributed by atoms with Crippen LogP contribution in [-0.2, 0) is 0 Å². The van der Waals surface area contributed by atoms with Gasteiger partial charge >= 0.3 is 0 Å². The van der Waals surface area contributed by atoms with E-state index in [-0.39, 0.29) is 11.6 Å². The maximum atomic E-state index is 6.37. The highest BCUT2D eigenvalue weighted by molar-refractivity contribution is 5.44. The lowest BCUT2D eigenvalue weighted by Crippen LogP contribution is -2.41. The first kappa shape index (κ1) is 12.8. The van der Waals surface area contributed by atoms with Gasteiger partial charge in [0.25, 0.3) is 0 Å². The first-order valence-corrected chi connectivity index (χ1v) is 7.06. The molecule has 3 heteroatoms. The Balaban J connectivity index is 1.95. The van der Waals surface area contributed by atoms with Crippen molar-refractivity contribution in [2.45, 2.75) is 51.2 Å². The van der Waals surface area contributed by atoms with Crippen LogP contribution in [0.3, 0.4) is 0 Å². The summed E-state index contributed by atoms with van der Waals surface area (Å²) < 4.78 is 11.7. The summed E-state index contributed by atoms with van der Waals surface area (Å²) >= 11 is 0. The summed E-state index contributed by atoms with van der Waals surface area (Å²) in [4.78, 5) is 0. The molecule has 0 bridgehead atoms. The fraction of sp³-hybridized carbons (Fsp3) is 0.625. The highest BCUT2D eigenvalue weighted by Crippen LogP contribution is 2.52. The zero-order valence-electron chi connectivity index (χ0n) is 12.0. The van der Waals surface area contributed by atoms with Crippen molar-refractivity contribution >= 4 is 0 Å². The van der Waals surface area contributed by atoms with Crippen molar-refractivity contribution in [2.75, 3.05) is 7.11 Å². The number of rotatable bonds is 1. The molecule has 0 saturated heterocycles. The molecule has 1 aromatic rings. The molecule has 1 fully saturated rings. The Bertz CT molecular complexity index is 498. The molecule has 1 aliphatic heterocycles. The van der Waals surface area contributed by atoms with Crippen LogP contribution in [0.2, 0.25) is 0 Å². The van der Waals surface area contributed by atoms with Gasteiger partial charge in [0.1, 0.15) is 17.1 Å². The number of methoxy groups -OCH3 is 1. The second kappa shape index (κ2) is 4.14. The summed E-state index contributed by atoms with van der Waals surface area (Å²) in [7, 11) is 1.68. The topological polar surface area (TPSA) is 44.5 Å². The van der Waals surface area contributed by atoms with Gasteiger partial charge in [-0.05, 0) is 30.7 Å². The molecule has 19 heavy (non-hydrogen) atoms. The van der Waals surface area contributed by atoms with E-state index in [1.807, 2.05) is 18.2 Å². The third-order valence-corrected chi connectivity index (χ3v) is 4.60. The maximum absolute atomic E-state index is 6.37. The van der Waals surface area contributed by atoms with Gasteiger partial charge in [0.2, 0.25) is 0 Å². The third-order valence-electron chi connectivity index (χ3n) is 4.60. The first-order valence-electron chi connectivity index (χ1n) is 7.06. The molecule has 0 amide bonds. The molecule has 0 radical (unpaired) electrons. The van der Waals surface area contributed by atoms with E-state index in [0.29, 0.717) is 5.41 Å². The Kier molecular flexibility index (Phi) is 2.79. The van der Waals surface area contributed by atoms with Gasteiger partial charge in [0.05, 0.1) is 7.11 Å². The smallest absolute Gasteiger partial charge is 0.128 e. The van der Waals surface area contributed by atoms with Crippen LogP contribution in [0.1, 0.15) is 51.1 Å². The lowest BCUT2D eigenvalue weighted by Gasteiger charge is -2.39. The highest BCUT2D eigenvalue weighted by atomic mass is 16.5. The normalized spacial score (nSPS) is 31.9. The summed E-state index contributed by atoms with van der Waals surface area (Å²) in [6.07, 6.45) is 4.32. The maximum Gasteiger partial charge on any atom is 0.128 e. The van der Waals surface area contributed by atoms with Gasteiger partial charge in [-0.3, -0.25) is 0 Å². The van der Waals surface area contributed by atoms with Gasteiger partial charge in [-0.15, -0.1) is 0 Å². The molecular weight excluding hydrogens is 238 g/mol. The number of benzene rings is 1. The molecule has 3 rings (SSSR count). The first-order chi connectivity index (χ1) is 8.93. The van der Waals surface area contributed by atoms with Gasteiger partial charge in [-0.1, -0.05) is 19.9 Å². The van der Waals surface area contributed by atoms with Crippen LogP contribution in [0.5, 0.6) is 11.5 Å².